The van der Waals surface area contributed by atoms with Crippen LogP contribution >= 0.6 is 0 Å². The van der Waals surface area contributed by atoms with Gasteiger partial charge in [-0.2, -0.15) is 9.78 Å². The summed E-state index contributed by atoms with van der Waals surface area (Å²) in [4.78, 5) is 5.11. The average Bonchev–Trinajstić information content (AvgIpc) is 3.55. The summed E-state index contributed by atoms with van der Waals surface area (Å²) >= 11 is 0. The Bertz CT molecular complexity index is 1520. The Morgan fingerprint density at radius 3 is 2.48 bits per heavy atom. The largest absolute Gasteiger partial charge is 0.662 e. The molecule has 1 radical (unpaired) electrons. The summed E-state index contributed by atoms with van der Waals surface area (Å²) in [6.07, 6.45) is 6.06. The van der Waals surface area contributed by atoms with E-state index in [1.54, 1.807) is 11.8 Å². The molecule has 1 unspecified atom stereocenters. The fourth-order valence-electron chi connectivity index (χ4n) is 6.28. The molecule has 0 N–H and O–H groups in total. The van der Waals surface area contributed by atoms with Crippen LogP contribution in [-0.4, -0.2) is 35.0 Å². The molecule has 1 aliphatic carbocycles. The summed E-state index contributed by atoms with van der Waals surface area (Å²) < 4.78 is 14.2. The van der Waals surface area contributed by atoms with Crippen LogP contribution in [0.25, 0.3) is 22.4 Å². The van der Waals surface area contributed by atoms with Crippen molar-refractivity contribution < 1.29 is 42.2 Å². The monoisotopic (exact) mass is 610 g/mol. The van der Waals surface area contributed by atoms with Crippen LogP contribution in [0.5, 0.6) is 11.6 Å². The molecule has 2 aliphatic rings. The van der Waals surface area contributed by atoms with E-state index < -0.39 is 0 Å². The molecule has 6 rings (SSSR count). The van der Waals surface area contributed by atoms with Gasteiger partial charge in [0.2, 0.25) is 5.88 Å². The number of methoxy groups -OCH3 is 1. The summed E-state index contributed by atoms with van der Waals surface area (Å²) in [7, 11) is 1.67. The Hall–Kier alpha value is -2.54. The molecule has 2 aromatic carbocycles. The number of aryl methyl sites for hydroxylation is 3. The van der Waals surface area contributed by atoms with Crippen LogP contribution in [0.3, 0.4) is 0 Å². The maximum atomic E-state index is 6.81. The van der Waals surface area contributed by atoms with Crippen LogP contribution in [0.4, 0.5) is 0 Å². The molecule has 1 atom stereocenters. The minimum Gasteiger partial charge on any atom is -0.662 e. The molecule has 2 aromatic heterocycles. The zero-order chi connectivity index (χ0) is 27.1. The Labute approximate surface area is 262 Å². The minimum atomic E-state index is -0.0123. The topological polar surface area (TPSA) is 63.3 Å². The molecule has 40 heavy (non-hydrogen) atoms. The number of pyridine rings is 1. The van der Waals surface area contributed by atoms with E-state index >= 15 is 0 Å². The van der Waals surface area contributed by atoms with Gasteiger partial charge in [-0.1, -0.05) is 43.2 Å². The van der Waals surface area contributed by atoms with Gasteiger partial charge in [-0.3, -0.25) is 0 Å². The van der Waals surface area contributed by atoms with Gasteiger partial charge < -0.3 is 14.8 Å². The van der Waals surface area contributed by atoms with Crippen molar-refractivity contribution in [1.29, 1.82) is 0 Å². The van der Waals surface area contributed by atoms with Gasteiger partial charge >= 0.3 is 0 Å². The summed E-state index contributed by atoms with van der Waals surface area (Å²) in [5.41, 5.74) is 10.7. The van der Waals surface area contributed by atoms with Crippen LogP contribution < -0.4 is 9.47 Å². The smallest absolute Gasteiger partial charge is 0.220 e. The SMILES string of the molecule is COc1c(C)cnn1-c1nc(-c2cccc3c2C(Oc2ccc(C4CC[N-]CC4)c(C)c2C)CC3)ccc1C.[Y]. The van der Waals surface area contributed by atoms with Gasteiger partial charge in [-0.25, -0.2) is 4.98 Å². The quantitative estimate of drug-likeness (QED) is 0.227. The van der Waals surface area contributed by atoms with E-state index in [9.17, 15) is 0 Å². The van der Waals surface area contributed by atoms with E-state index in [0.29, 0.717) is 11.8 Å². The molecular weight excluding hydrogens is 573 g/mol. The Morgan fingerprint density at radius 2 is 1.70 bits per heavy atom. The minimum absolute atomic E-state index is 0. The first-order valence-corrected chi connectivity index (χ1v) is 14.0. The molecular formula is C33H37N4O2Y-. The van der Waals surface area contributed by atoms with Crippen molar-refractivity contribution in [2.45, 2.75) is 65.4 Å². The van der Waals surface area contributed by atoms with Gasteiger partial charge in [-0.05, 0) is 86.4 Å². The predicted octanol–water partition coefficient (Wildman–Crippen LogP) is 7.49. The van der Waals surface area contributed by atoms with Crippen LogP contribution in [-0.2, 0) is 39.1 Å². The molecule has 1 aliphatic heterocycles. The van der Waals surface area contributed by atoms with Gasteiger partial charge in [0, 0.05) is 49.4 Å². The molecule has 0 saturated carbocycles. The number of fused-ring (bicyclic) bond motifs is 1. The van der Waals surface area contributed by atoms with Crippen molar-refractivity contribution in [2.75, 3.05) is 20.2 Å². The molecule has 1 saturated heterocycles. The Morgan fingerprint density at radius 1 is 0.900 bits per heavy atom. The maximum Gasteiger partial charge on any atom is 0.220 e. The number of nitrogens with zero attached hydrogens (tertiary/aromatic N) is 4. The number of hydrogen-bond donors (Lipinski definition) is 0. The van der Waals surface area contributed by atoms with Gasteiger partial charge in [0.15, 0.2) is 5.82 Å². The van der Waals surface area contributed by atoms with E-state index in [4.69, 9.17) is 14.5 Å². The van der Waals surface area contributed by atoms with E-state index in [0.717, 1.165) is 72.7 Å². The summed E-state index contributed by atoms with van der Waals surface area (Å²) in [6, 6.07) is 15.2. The Kier molecular flexibility index (Phi) is 8.79. The summed E-state index contributed by atoms with van der Waals surface area (Å²) in [6.45, 7) is 10.5. The van der Waals surface area contributed by atoms with Crippen molar-refractivity contribution in [3.8, 4) is 28.7 Å². The van der Waals surface area contributed by atoms with Crippen LogP contribution in [0, 0.1) is 27.7 Å². The Balaban J connectivity index is 0.00000323. The van der Waals surface area contributed by atoms with Crippen LogP contribution in [0.1, 0.15) is 70.2 Å². The molecule has 1 fully saturated rings. The molecule has 0 amide bonds. The third-order valence-corrected chi connectivity index (χ3v) is 8.59. The van der Waals surface area contributed by atoms with Gasteiger partial charge in [0.05, 0.1) is 19.0 Å². The number of hydrogen-bond acceptors (Lipinski definition) is 4. The van der Waals surface area contributed by atoms with Crippen molar-refractivity contribution in [1.82, 2.24) is 14.8 Å². The normalized spacial score (nSPS) is 16.9. The van der Waals surface area contributed by atoms with Gasteiger partial charge in [-0.15, -0.1) is 13.1 Å². The second-order valence-corrected chi connectivity index (χ2v) is 11.0. The molecule has 205 valence electrons. The van der Waals surface area contributed by atoms with E-state index in [2.05, 4.69) is 73.7 Å². The molecule has 0 bridgehead atoms. The van der Waals surface area contributed by atoms with Crippen LogP contribution in [0.2, 0.25) is 0 Å². The number of piperidine rings is 1. The second kappa shape index (κ2) is 12.1. The molecule has 3 heterocycles. The van der Waals surface area contributed by atoms with Crippen molar-refractivity contribution >= 4 is 0 Å². The van der Waals surface area contributed by atoms with Crippen LogP contribution in [0.15, 0.2) is 48.7 Å². The van der Waals surface area contributed by atoms with E-state index in [1.165, 1.54) is 27.8 Å². The standard InChI is InChI=1S/C33H37N4O2.Y/c1-20-9-12-28(36-32(20)37-33(38-5)21(2)19-35-37)27-8-6-7-25-10-13-30(31(25)27)39-29-14-11-26(22(3)23(29)4)24-15-17-34-18-16-24;/h6-9,11-12,14,19,24,30H,10,13,15-18H2,1-5H3;/q-1;. The first-order valence-electron chi connectivity index (χ1n) is 14.0. The fraction of sp³-hybridized carbons (Fsp3) is 0.394. The first kappa shape index (κ1) is 29.0. The first-order chi connectivity index (χ1) is 19.0. The van der Waals surface area contributed by atoms with Crippen molar-refractivity contribution in [2.24, 2.45) is 0 Å². The average molecular weight is 611 g/mol. The van der Waals surface area contributed by atoms with E-state index in [1.807, 2.05) is 13.1 Å². The fourth-order valence-corrected chi connectivity index (χ4v) is 6.28. The van der Waals surface area contributed by atoms with Gasteiger partial charge in [0.1, 0.15) is 11.9 Å². The molecule has 7 heteroatoms. The maximum absolute atomic E-state index is 6.81. The summed E-state index contributed by atoms with van der Waals surface area (Å²) in [5, 5.41) is 9.10. The number of ether oxygens (including phenoxy) is 2. The molecule has 4 aromatic rings. The second-order valence-electron chi connectivity index (χ2n) is 11.0. The number of rotatable bonds is 6. The summed E-state index contributed by atoms with van der Waals surface area (Å²) in [5.74, 6) is 3.08. The van der Waals surface area contributed by atoms with Crippen molar-refractivity contribution in [3.63, 3.8) is 0 Å². The zero-order valence-electron chi connectivity index (χ0n) is 24.2. The number of aromatic nitrogens is 3. The van der Waals surface area contributed by atoms with Gasteiger partial charge in [0.25, 0.3) is 0 Å². The molecule has 0 spiro atoms. The number of benzene rings is 2. The zero-order valence-corrected chi connectivity index (χ0v) is 27.0. The van der Waals surface area contributed by atoms with Crippen molar-refractivity contribution in [3.05, 3.63) is 92.9 Å². The molecule has 6 nitrogen and oxygen atoms in total. The predicted molar refractivity (Wildman–Crippen MR) is 155 cm³/mol. The third kappa shape index (κ3) is 5.26. The third-order valence-electron chi connectivity index (χ3n) is 8.59. The van der Waals surface area contributed by atoms with E-state index in [-0.39, 0.29) is 38.8 Å².